The number of amides is 1. The Bertz CT molecular complexity index is 590. The van der Waals surface area contributed by atoms with Crippen LogP contribution in [0.1, 0.15) is 26.2 Å². The number of carbonyl (C=O) groups excluding carboxylic acids is 1. The summed E-state index contributed by atoms with van der Waals surface area (Å²) in [5.74, 6) is 1.00. The van der Waals surface area contributed by atoms with Crippen molar-refractivity contribution in [3.63, 3.8) is 0 Å². The second-order valence-electron chi connectivity index (χ2n) is 5.00. The van der Waals surface area contributed by atoms with E-state index < -0.39 is 0 Å². The van der Waals surface area contributed by atoms with E-state index >= 15 is 0 Å². The minimum absolute atomic E-state index is 0.137. The summed E-state index contributed by atoms with van der Waals surface area (Å²) in [7, 11) is 0. The predicted molar refractivity (Wildman–Crippen MR) is 77.8 cm³/mol. The first-order valence-corrected chi connectivity index (χ1v) is 7.95. The minimum Gasteiger partial charge on any atom is -0.459 e. The van der Waals surface area contributed by atoms with Crippen LogP contribution in [0.5, 0.6) is 0 Å². The Morgan fingerprint density at radius 2 is 2.14 bits per heavy atom. The van der Waals surface area contributed by atoms with Gasteiger partial charge in [0.15, 0.2) is 5.76 Å². The normalized spacial score (nSPS) is 16.9. The minimum atomic E-state index is -0.229. The molecule has 7 heteroatoms. The average molecular weight is 307 g/mol. The summed E-state index contributed by atoms with van der Waals surface area (Å²) >= 11 is 1.29. The van der Waals surface area contributed by atoms with Crippen molar-refractivity contribution in [2.45, 2.75) is 36.7 Å². The molecule has 0 radical (unpaired) electrons. The van der Waals surface area contributed by atoms with Gasteiger partial charge in [-0.3, -0.25) is 4.79 Å². The van der Waals surface area contributed by atoms with Gasteiger partial charge in [-0.2, -0.15) is 0 Å². The number of hydrogen-bond acceptors (Lipinski definition) is 6. The van der Waals surface area contributed by atoms with E-state index in [-0.39, 0.29) is 11.2 Å². The Morgan fingerprint density at radius 1 is 1.33 bits per heavy atom. The van der Waals surface area contributed by atoms with Crippen molar-refractivity contribution in [2.24, 2.45) is 0 Å². The van der Waals surface area contributed by atoms with Crippen LogP contribution in [0, 0.1) is 0 Å². The molecule has 0 unspecified atom stereocenters. The average Bonchev–Trinajstić information content (AvgIpc) is 3.18. The van der Waals surface area contributed by atoms with Gasteiger partial charge in [-0.15, -0.1) is 10.2 Å². The number of nitrogens with zero attached hydrogens (tertiary/aromatic N) is 3. The van der Waals surface area contributed by atoms with Crippen LogP contribution < -0.4 is 0 Å². The molecule has 6 nitrogen and oxygen atoms in total. The Hall–Kier alpha value is -1.76. The molecule has 1 aliphatic rings. The van der Waals surface area contributed by atoms with Crippen molar-refractivity contribution in [1.82, 2.24) is 15.1 Å². The maximum Gasteiger partial charge on any atom is 0.284 e. The van der Waals surface area contributed by atoms with Crippen molar-refractivity contribution in [3.8, 4) is 11.7 Å². The lowest BCUT2D eigenvalue weighted by Crippen LogP contribution is -2.40. The SMILES string of the molecule is C[C@H](Sc1nnc(-c2ccco2)o1)C(=O)N1CCCCC1. The van der Waals surface area contributed by atoms with Gasteiger partial charge in [0, 0.05) is 13.1 Å². The highest BCUT2D eigenvalue weighted by molar-refractivity contribution is 8.00. The molecular formula is C14H17N3O3S. The molecule has 0 aliphatic carbocycles. The van der Waals surface area contributed by atoms with Gasteiger partial charge in [0.05, 0.1) is 11.5 Å². The van der Waals surface area contributed by atoms with E-state index in [0.717, 1.165) is 25.9 Å². The Labute approximate surface area is 126 Å². The van der Waals surface area contributed by atoms with Crippen LogP contribution in [0.4, 0.5) is 0 Å². The van der Waals surface area contributed by atoms with E-state index in [2.05, 4.69) is 10.2 Å². The van der Waals surface area contributed by atoms with Crippen LogP contribution in [0.2, 0.25) is 0 Å². The highest BCUT2D eigenvalue weighted by Crippen LogP contribution is 2.27. The molecule has 1 saturated heterocycles. The summed E-state index contributed by atoms with van der Waals surface area (Å²) in [5.41, 5.74) is 0. The predicted octanol–water partition coefficient (Wildman–Crippen LogP) is 2.82. The zero-order chi connectivity index (χ0) is 14.7. The van der Waals surface area contributed by atoms with E-state index in [9.17, 15) is 4.79 Å². The third-order valence-electron chi connectivity index (χ3n) is 3.43. The van der Waals surface area contributed by atoms with Gasteiger partial charge in [0.25, 0.3) is 11.1 Å². The van der Waals surface area contributed by atoms with Crippen LogP contribution in [-0.4, -0.2) is 39.3 Å². The standard InChI is InChI=1S/C14H17N3O3S/c1-10(13(18)17-7-3-2-4-8-17)21-14-16-15-12(20-14)11-6-5-9-19-11/h5-6,9-10H,2-4,7-8H2,1H3/t10-/m0/s1. The van der Waals surface area contributed by atoms with Crippen molar-refractivity contribution < 1.29 is 13.6 Å². The maximum absolute atomic E-state index is 12.3. The topological polar surface area (TPSA) is 72.4 Å². The number of likely N-dealkylation sites (tertiary alicyclic amines) is 1. The molecule has 2 aromatic rings. The molecule has 0 aromatic carbocycles. The Kier molecular flexibility index (Phi) is 4.28. The van der Waals surface area contributed by atoms with Gasteiger partial charge in [0.2, 0.25) is 5.91 Å². The first-order chi connectivity index (χ1) is 10.2. The van der Waals surface area contributed by atoms with Crippen molar-refractivity contribution in [3.05, 3.63) is 18.4 Å². The number of piperidine rings is 1. The number of thioether (sulfide) groups is 1. The lowest BCUT2D eigenvalue weighted by Gasteiger charge is -2.28. The molecule has 0 saturated carbocycles. The van der Waals surface area contributed by atoms with Crippen LogP contribution >= 0.6 is 11.8 Å². The lowest BCUT2D eigenvalue weighted by atomic mass is 10.1. The molecule has 0 bridgehead atoms. The molecule has 112 valence electrons. The third kappa shape index (κ3) is 3.29. The fraction of sp³-hybridized carbons (Fsp3) is 0.500. The van der Waals surface area contributed by atoms with Crippen molar-refractivity contribution >= 4 is 17.7 Å². The van der Waals surface area contributed by atoms with Gasteiger partial charge >= 0.3 is 0 Å². The summed E-state index contributed by atoms with van der Waals surface area (Å²) in [5, 5.41) is 8.04. The zero-order valence-electron chi connectivity index (χ0n) is 11.8. The van der Waals surface area contributed by atoms with Gasteiger partial charge < -0.3 is 13.7 Å². The molecule has 1 amide bonds. The van der Waals surface area contributed by atoms with Crippen LogP contribution in [-0.2, 0) is 4.79 Å². The van der Waals surface area contributed by atoms with Gasteiger partial charge in [-0.05, 0) is 38.3 Å². The monoisotopic (exact) mass is 307 g/mol. The molecule has 0 spiro atoms. The van der Waals surface area contributed by atoms with Crippen LogP contribution in [0.15, 0.2) is 32.5 Å². The number of carbonyl (C=O) groups is 1. The molecular weight excluding hydrogens is 290 g/mol. The smallest absolute Gasteiger partial charge is 0.284 e. The summed E-state index contributed by atoms with van der Waals surface area (Å²) in [6.07, 6.45) is 4.94. The summed E-state index contributed by atoms with van der Waals surface area (Å²) in [6.45, 7) is 3.58. The fourth-order valence-electron chi connectivity index (χ4n) is 2.33. The van der Waals surface area contributed by atoms with Gasteiger partial charge in [-0.1, -0.05) is 11.8 Å². The van der Waals surface area contributed by atoms with Crippen molar-refractivity contribution in [1.29, 1.82) is 0 Å². The van der Waals surface area contributed by atoms with Crippen molar-refractivity contribution in [2.75, 3.05) is 13.1 Å². The molecule has 21 heavy (non-hydrogen) atoms. The summed E-state index contributed by atoms with van der Waals surface area (Å²) in [6, 6.07) is 3.51. The number of aromatic nitrogens is 2. The fourth-order valence-corrected chi connectivity index (χ4v) is 3.10. The zero-order valence-corrected chi connectivity index (χ0v) is 12.6. The summed E-state index contributed by atoms with van der Waals surface area (Å²) < 4.78 is 10.7. The van der Waals surface area contributed by atoms with Gasteiger partial charge in [-0.25, -0.2) is 0 Å². The number of furan rings is 1. The lowest BCUT2D eigenvalue weighted by molar-refractivity contribution is -0.131. The number of rotatable bonds is 4. The molecule has 1 aliphatic heterocycles. The van der Waals surface area contributed by atoms with Gasteiger partial charge in [0.1, 0.15) is 0 Å². The third-order valence-corrected chi connectivity index (χ3v) is 4.35. The van der Waals surface area contributed by atoms with E-state index in [1.165, 1.54) is 18.2 Å². The molecule has 3 rings (SSSR count). The Balaban J connectivity index is 1.62. The van der Waals surface area contributed by atoms with Crippen LogP contribution in [0.3, 0.4) is 0 Å². The molecule has 1 fully saturated rings. The molecule has 0 N–H and O–H groups in total. The first-order valence-electron chi connectivity index (χ1n) is 7.07. The second-order valence-corrected chi connectivity index (χ2v) is 6.29. The van der Waals surface area contributed by atoms with E-state index in [1.54, 1.807) is 18.4 Å². The number of hydrogen-bond donors (Lipinski definition) is 0. The maximum atomic E-state index is 12.3. The highest BCUT2D eigenvalue weighted by Gasteiger charge is 2.25. The quantitative estimate of drug-likeness (QED) is 0.809. The molecule has 2 aromatic heterocycles. The summed E-state index contributed by atoms with van der Waals surface area (Å²) in [4.78, 5) is 14.3. The van der Waals surface area contributed by atoms with E-state index in [1.807, 2.05) is 11.8 Å². The van der Waals surface area contributed by atoms with Crippen LogP contribution in [0.25, 0.3) is 11.7 Å². The first kappa shape index (κ1) is 14.2. The largest absolute Gasteiger partial charge is 0.459 e. The van der Waals surface area contributed by atoms with E-state index in [0.29, 0.717) is 16.9 Å². The highest BCUT2D eigenvalue weighted by atomic mass is 32.2. The molecule has 3 heterocycles. The Morgan fingerprint density at radius 3 is 2.86 bits per heavy atom. The van der Waals surface area contributed by atoms with E-state index in [4.69, 9.17) is 8.83 Å². The second kappa shape index (κ2) is 6.34. The molecule has 1 atom stereocenters.